The Kier molecular flexibility index (Phi) is 4.36. The Morgan fingerprint density at radius 2 is 2.00 bits per heavy atom. The van der Waals surface area contributed by atoms with Crippen LogP contribution in [0.2, 0.25) is 0 Å². The molecule has 1 saturated heterocycles. The van der Waals surface area contributed by atoms with Gasteiger partial charge in [0.05, 0.1) is 19.3 Å². The number of aliphatic hydroxyl groups is 1. The van der Waals surface area contributed by atoms with Gasteiger partial charge in [0, 0.05) is 25.6 Å². The monoisotopic (exact) mass is 291 g/mol. The predicted octanol–water partition coefficient (Wildman–Crippen LogP) is 2.61. The van der Waals surface area contributed by atoms with Crippen LogP contribution in [0.3, 0.4) is 0 Å². The molecule has 0 radical (unpaired) electrons. The van der Waals surface area contributed by atoms with Gasteiger partial charge in [-0.05, 0) is 37.0 Å². The Morgan fingerprint density at radius 3 is 2.71 bits per heavy atom. The maximum Gasteiger partial charge on any atom is 0.161 e. The summed E-state index contributed by atoms with van der Waals surface area (Å²) in [5.41, 5.74) is 0.908. The third-order valence-electron chi connectivity index (χ3n) is 4.48. The van der Waals surface area contributed by atoms with Crippen molar-refractivity contribution in [3.8, 4) is 11.5 Å². The maximum absolute atomic E-state index is 10.5. The fourth-order valence-corrected chi connectivity index (χ4v) is 3.36. The number of hydrogen-bond donors (Lipinski definition) is 1. The van der Waals surface area contributed by atoms with Crippen LogP contribution in [-0.2, 0) is 0 Å². The van der Waals surface area contributed by atoms with Crippen LogP contribution in [0.4, 0.5) is 0 Å². The molecule has 3 unspecified atom stereocenters. The fraction of sp³-hybridized carbons (Fsp3) is 0.647. The molecular formula is C17H25NO3. The summed E-state index contributed by atoms with van der Waals surface area (Å²) in [6.07, 6.45) is 1.64. The largest absolute Gasteiger partial charge is 0.490 e. The van der Waals surface area contributed by atoms with Gasteiger partial charge in [0.25, 0.3) is 0 Å². The Balaban J connectivity index is 1.70. The average molecular weight is 291 g/mol. The molecule has 3 atom stereocenters. The van der Waals surface area contributed by atoms with Crippen LogP contribution >= 0.6 is 0 Å². The van der Waals surface area contributed by atoms with E-state index in [1.54, 1.807) is 0 Å². The summed E-state index contributed by atoms with van der Waals surface area (Å²) in [6.45, 7) is 7.64. The minimum absolute atomic E-state index is 0.477. The Bertz CT molecular complexity index is 491. The van der Waals surface area contributed by atoms with E-state index in [0.29, 0.717) is 25.8 Å². The second-order valence-electron chi connectivity index (χ2n) is 6.42. The molecule has 0 amide bonds. The zero-order valence-corrected chi connectivity index (χ0v) is 12.9. The molecule has 21 heavy (non-hydrogen) atoms. The first-order valence-corrected chi connectivity index (χ1v) is 7.95. The van der Waals surface area contributed by atoms with Crippen molar-refractivity contribution >= 4 is 0 Å². The van der Waals surface area contributed by atoms with Crippen LogP contribution in [0.5, 0.6) is 11.5 Å². The summed E-state index contributed by atoms with van der Waals surface area (Å²) in [4.78, 5) is 2.37. The van der Waals surface area contributed by atoms with Gasteiger partial charge in [-0.1, -0.05) is 13.0 Å². The van der Waals surface area contributed by atoms with Crippen molar-refractivity contribution in [1.82, 2.24) is 4.90 Å². The van der Waals surface area contributed by atoms with E-state index in [9.17, 15) is 5.11 Å². The summed E-state index contributed by atoms with van der Waals surface area (Å²) in [5.74, 6) is 2.26. The van der Waals surface area contributed by atoms with Crippen LogP contribution < -0.4 is 9.47 Å². The lowest BCUT2D eigenvalue weighted by Gasteiger charge is -2.24. The molecule has 0 bridgehead atoms. The summed E-state index contributed by atoms with van der Waals surface area (Å²) in [5, 5.41) is 10.5. The van der Waals surface area contributed by atoms with E-state index < -0.39 is 6.10 Å². The molecule has 0 spiro atoms. The third-order valence-corrected chi connectivity index (χ3v) is 4.48. The van der Waals surface area contributed by atoms with Crippen molar-refractivity contribution in [3.63, 3.8) is 0 Å². The van der Waals surface area contributed by atoms with Gasteiger partial charge in [-0.15, -0.1) is 0 Å². The number of hydrogen-bond acceptors (Lipinski definition) is 4. The SMILES string of the molecule is CC1CC(C)N(CC(O)c2ccc3c(c2)OCCCO3)C1. The predicted molar refractivity (Wildman–Crippen MR) is 81.8 cm³/mol. The minimum atomic E-state index is -0.477. The number of nitrogens with zero attached hydrogens (tertiary/aromatic N) is 1. The molecule has 116 valence electrons. The molecule has 2 aliphatic rings. The molecule has 0 aromatic heterocycles. The van der Waals surface area contributed by atoms with Gasteiger partial charge in [-0.2, -0.15) is 0 Å². The molecule has 2 aliphatic heterocycles. The molecule has 1 fully saturated rings. The number of aliphatic hydroxyl groups excluding tert-OH is 1. The first kappa shape index (κ1) is 14.7. The van der Waals surface area contributed by atoms with Crippen molar-refractivity contribution in [2.75, 3.05) is 26.3 Å². The summed E-state index contributed by atoms with van der Waals surface area (Å²) in [7, 11) is 0. The van der Waals surface area contributed by atoms with Crippen molar-refractivity contribution in [2.45, 2.75) is 38.8 Å². The van der Waals surface area contributed by atoms with E-state index in [0.717, 1.165) is 35.9 Å². The van der Waals surface area contributed by atoms with Crippen LogP contribution in [0.25, 0.3) is 0 Å². The Labute approximate surface area is 126 Å². The lowest BCUT2D eigenvalue weighted by atomic mass is 10.1. The van der Waals surface area contributed by atoms with Crippen molar-refractivity contribution in [2.24, 2.45) is 5.92 Å². The highest BCUT2D eigenvalue weighted by Gasteiger charge is 2.28. The summed E-state index contributed by atoms with van der Waals surface area (Å²) < 4.78 is 11.3. The highest BCUT2D eigenvalue weighted by molar-refractivity contribution is 5.44. The molecule has 2 heterocycles. The lowest BCUT2D eigenvalue weighted by molar-refractivity contribution is 0.108. The normalized spacial score (nSPS) is 27.4. The van der Waals surface area contributed by atoms with Gasteiger partial charge >= 0.3 is 0 Å². The molecule has 0 aliphatic carbocycles. The zero-order valence-electron chi connectivity index (χ0n) is 12.9. The smallest absolute Gasteiger partial charge is 0.161 e. The Hall–Kier alpha value is -1.26. The van der Waals surface area contributed by atoms with E-state index in [4.69, 9.17) is 9.47 Å². The van der Waals surface area contributed by atoms with Gasteiger partial charge < -0.3 is 14.6 Å². The molecule has 4 nitrogen and oxygen atoms in total. The zero-order chi connectivity index (χ0) is 14.8. The molecule has 0 saturated carbocycles. The molecule has 1 N–H and O–H groups in total. The quantitative estimate of drug-likeness (QED) is 0.929. The van der Waals surface area contributed by atoms with Gasteiger partial charge in [0.1, 0.15) is 0 Å². The van der Waals surface area contributed by atoms with E-state index in [1.165, 1.54) is 6.42 Å². The topological polar surface area (TPSA) is 41.9 Å². The first-order chi connectivity index (χ1) is 10.1. The van der Waals surface area contributed by atoms with Crippen molar-refractivity contribution < 1.29 is 14.6 Å². The van der Waals surface area contributed by atoms with Gasteiger partial charge in [0.15, 0.2) is 11.5 Å². The van der Waals surface area contributed by atoms with Crippen molar-refractivity contribution in [3.05, 3.63) is 23.8 Å². The lowest BCUT2D eigenvalue weighted by Crippen LogP contribution is -2.31. The summed E-state index contributed by atoms with van der Waals surface area (Å²) in [6, 6.07) is 6.34. The second kappa shape index (κ2) is 6.24. The standard InChI is InChI=1S/C17H25NO3/c1-12-8-13(2)18(10-12)11-15(19)14-4-5-16-17(9-14)21-7-3-6-20-16/h4-5,9,12-13,15,19H,3,6-8,10-11H2,1-2H3. The number of β-amino-alcohol motifs (C(OH)–C–C–N with tert-alkyl or cyclic N) is 1. The highest BCUT2D eigenvalue weighted by atomic mass is 16.5. The Morgan fingerprint density at radius 1 is 1.24 bits per heavy atom. The van der Waals surface area contributed by atoms with Crippen LogP contribution in [0.1, 0.15) is 38.4 Å². The van der Waals surface area contributed by atoms with E-state index in [1.807, 2.05) is 18.2 Å². The maximum atomic E-state index is 10.5. The number of rotatable bonds is 3. The number of likely N-dealkylation sites (tertiary alicyclic amines) is 1. The van der Waals surface area contributed by atoms with E-state index in [-0.39, 0.29) is 0 Å². The molecule has 1 aromatic rings. The summed E-state index contributed by atoms with van der Waals surface area (Å²) >= 11 is 0. The molecular weight excluding hydrogens is 266 g/mol. The van der Waals surface area contributed by atoms with Gasteiger partial charge in [0.2, 0.25) is 0 Å². The van der Waals surface area contributed by atoms with Crippen LogP contribution in [0.15, 0.2) is 18.2 Å². The van der Waals surface area contributed by atoms with Gasteiger partial charge in [-0.25, -0.2) is 0 Å². The molecule has 4 heteroatoms. The van der Waals surface area contributed by atoms with E-state index in [2.05, 4.69) is 18.7 Å². The first-order valence-electron chi connectivity index (χ1n) is 7.95. The molecule has 3 rings (SSSR count). The van der Waals surface area contributed by atoms with Gasteiger partial charge in [-0.3, -0.25) is 4.90 Å². The molecule has 1 aromatic carbocycles. The minimum Gasteiger partial charge on any atom is -0.490 e. The fourth-order valence-electron chi connectivity index (χ4n) is 3.36. The number of benzene rings is 1. The highest BCUT2D eigenvalue weighted by Crippen LogP contribution is 2.33. The van der Waals surface area contributed by atoms with Crippen LogP contribution in [0, 0.1) is 5.92 Å². The van der Waals surface area contributed by atoms with Crippen LogP contribution in [-0.4, -0.2) is 42.4 Å². The number of fused-ring (bicyclic) bond motifs is 1. The van der Waals surface area contributed by atoms with Crippen molar-refractivity contribution in [1.29, 1.82) is 0 Å². The second-order valence-corrected chi connectivity index (χ2v) is 6.42. The number of ether oxygens (including phenoxy) is 2. The van der Waals surface area contributed by atoms with E-state index >= 15 is 0 Å². The third kappa shape index (κ3) is 3.33. The average Bonchev–Trinajstić information content (AvgIpc) is 2.67.